The zero-order valence-corrected chi connectivity index (χ0v) is 11.0. The third kappa shape index (κ3) is 3.38. The number of thiazole rings is 1. The van der Waals surface area contributed by atoms with Gasteiger partial charge in [0, 0.05) is 11.1 Å². The van der Waals surface area contributed by atoms with Crippen LogP contribution in [-0.2, 0) is 11.2 Å². The number of nitrogens with zero attached hydrogens (tertiary/aromatic N) is 1. The molecule has 6 heteroatoms. The number of carboxylic acids is 1. The lowest BCUT2D eigenvalue weighted by atomic mass is 10.2. The van der Waals surface area contributed by atoms with Crippen LogP contribution in [-0.4, -0.2) is 22.0 Å². The number of aromatic carboxylic acids is 1. The maximum absolute atomic E-state index is 11.8. The van der Waals surface area contributed by atoms with Crippen LogP contribution in [0.4, 0.5) is 5.69 Å². The first-order valence-electron chi connectivity index (χ1n) is 5.59. The quantitative estimate of drug-likeness (QED) is 0.898. The van der Waals surface area contributed by atoms with E-state index in [0.29, 0.717) is 5.01 Å². The number of carbonyl (C=O) groups is 2. The predicted molar refractivity (Wildman–Crippen MR) is 72.6 cm³/mol. The van der Waals surface area contributed by atoms with E-state index in [-0.39, 0.29) is 18.0 Å². The fourth-order valence-electron chi connectivity index (χ4n) is 1.54. The summed E-state index contributed by atoms with van der Waals surface area (Å²) < 4.78 is 0. The highest BCUT2D eigenvalue weighted by Crippen LogP contribution is 2.15. The Kier molecular flexibility index (Phi) is 3.91. The molecule has 0 radical (unpaired) electrons. The smallest absolute Gasteiger partial charge is 0.355 e. The van der Waals surface area contributed by atoms with Crippen molar-refractivity contribution in [2.75, 3.05) is 5.32 Å². The van der Waals surface area contributed by atoms with Crippen molar-refractivity contribution in [1.29, 1.82) is 0 Å². The van der Waals surface area contributed by atoms with Crippen LogP contribution in [0.3, 0.4) is 0 Å². The molecule has 1 aromatic carbocycles. The Morgan fingerprint density at radius 3 is 2.74 bits per heavy atom. The molecular formula is C13H12N2O3S. The number of carbonyl (C=O) groups excluding carboxylic acids is 1. The van der Waals surface area contributed by atoms with Crippen LogP contribution in [0.2, 0.25) is 0 Å². The second-order valence-corrected chi connectivity index (χ2v) is 4.91. The summed E-state index contributed by atoms with van der Waals surface area (Å²) in [5, 5.41) is 13.4. The number of para-hydroxylation sites is 1. The van der Waals surface area contributed by atoms with Crippen molar-refractivity contribution >= 4 is 28.9 Å². The summed E-state index contributed by atoms with van der Waals surface area (Å²) in [7, 11) is 0. The lowest BCUT2D eigenvalue weighted by Gasteiger charge is -2.06. The van der Waals surface area contributed by atoms with E-state index in [0.717, 1.165) is 11.3 Å². The fraction of sp³-hybridized carbons (Fsp3) is 0.154. The van der Waals surface area contributed by atoms with Gasteiger partial charge in [0.15, 0.2) is 5.69 Å². The average Bonchev–Trinajstić information content (AvgIpc) is 2.80. The lowest BCUT2D eigenvalue weighted by Crippen LogP contribution is -2.15. The van der Waals surface area contributed by atoms with Gasteiger partial charge in [-0.15, -0.1) is 11.3 Å². The van der Waals surface area contributed by atoms with Crippen LogP contribution in [0.25, 0.3) is 0 Å². The largest absolute Gasteiger partial charge is 0.476 e. The van der Waals surface area contributed by atoms with Gasteiger partial charge < -0.3 is 10.4 Å². The molecule has 0 aliphatic rings. The maximum Gasteiger partial charge on any atom is 0.355 e. The summed E-state index contributed by atoms with van der Waals surface area (Å²) in [4.78, 5) is 26.4. The second-order valence-electron chi connectivity index (χ2n) is 3.97. The number of benzene rings is 1. The standard InChI is InChI=1S/C13H12N2O3S/c1-8-4-2-3-5-9(8)14-11(16)6-12-15-10(7-19-12)13(17)18/h2-5,7H,6H2,1H3,(H,14,16)(H,17,18). The predicted octanol–water partition coefficient (Wildman–Crippen LogP) is 2.33. The average molecular weight is 276 g/mol. The molecule has 5 nitrogen and oxygen atoms in total. The van der Waals surface area contributed by atoms with Crippen molar-refractivity contribution in [3.8, 4) is 0 Å². The molecule has 0 atom stereocenters. The number of hydrogen-bond acceptors (Lipinski definition) is 4. The van der Waals surface area contributed by atoms with Gasteiger partial charge in [0.2, 0.25) is 5.91 Å². The van der Waals surface area contributed by atoms with Gasteiger partial charge in [-0.1, -0.05) is 18.2 Å². The normalized spacial score (nSPS) is 10.2. The minimum atomic E-state index is -1.08. The fourth-order valence-corrected chi connectivity index (χ4v) is 2.30. The first kappa shape index (κ1) is 13.2. The molecule has 2 rings (SSSR count). The summed E-state index contributed by atoms with van der Waals surface area (Å²) in [6.07, 6.45) is 0.0757. The van der Waals surface area contributed by atoms with Crippen molar-refractivity contribution in [2.45, 2.75) is 13.3 Å². The Labute approximate surface area is 113 Å². The molecular weight excluding hydrogens is 264 g/mol. The number of anilines is 1. The zero-order chi connectivity index (χ0) is 13.8. The van der Waals surface area contributed by atoms with E-state index in [1.165, 1.54) is 16.7 Å². The molecule has 0 spiro atoms. The van der Waals surface area contributed by atoms with Crippen molar-refractivity contribution in [1.82, 2.24) is 4.98 Å². The lowest BCUT2D eigenvalue weighted by molar-refractivity contribution is -0.115. The molecule has 0 bridgehead atoms. The molecule has 1 aromatic heterocycles. The Bertz CT molecular complexity index is 622. The first-order valence-corrected chi connectivity index (χ1v) is 6.47. The van der Waals surface area contributed by atoms with Gasteiger partial charge in [0.25, 0.3) is 0 Å². The third-order valence-electron chi connectivity index (χ3n) is 2.50. The number of nitrogens with one attached hydrogen (secondary N) is 1. The summed E-state index contributed by atoms with van der Waals surface area (Å²) in [5.41, 5.74) is 1.70. The first-order chi connectivity index (χ1) is 9.06. The molecule has 2 aromatic rings. The van der Waals surface area contributed by atoms with Gasteiger partial charge in [0.05, 0.1) is 6.42 Å². The topological polar surface area (TPSA) is 79.3 Å². The summed E-state index contributed by atoms with van der Waals surface area (Å²) in [6.45, 7) is 1.90. The molecule has 0 unspecified atom stereocenters. The third-order valence-corrected chi connectivity index (χ3v) is 3.35. The molecule has 19 heavy (non-hydrogen) atoms. The Morgan fingerprint density at radius 1 is 1.37 bits per heavy atom. The van der Waals surface area contributed by atoms with Crippen molar-refractivity contribution in [3.63, 3.8) is 0 Å². The van der Waals surface area contributed by atoms with Crippen LogP contribution in [0.15, 0.2) is 29.6 Å². The number of carboxylic acid groups (broad SMARTS) is 1. The van der Waals surface area contributed by atoms with E-state index in [9.17, 15) is 9.59 Å². The SMILES string of the molecule is Cc1ccccc1NC(=O)Cc1nc(C(=O)O)cs1. The number of aryl methyl sites for hydroxylation is 1. The van der Waals surface area contributed by atoms with Gasteiger partial charge in [0.1, 0.15) is 5.01 Å². The highest BCUT2D eigenvalue weighted by atomic mass is 32.1. The molecule has 98 valence electrons. The minimum absolute atomic E-state index is 0.0244. The molecule has 1 heterocycles. The molecule has 0 aliphatic heterocycles. The Hall–Kier alpha value is -2.21. The molecule has 0 aliphatic carbocycles. The van der Waals surface area contributed by atoms with E-state index in [4.69, 9.17) is 5.11 Å². The minimum Gasteiger partial charge on any atom is -0.476 e. The van der Waals surface area contributed by atoms with Crippen LogP contribution in [0.5, 0.6) is 0 Å². The summed E-state index contributed by atoms with van der Waals surface area (Å²) in [6, 6.07) is 7.46. The van der Waals surface area contributed by atoms with Crippen molar-refractivity contribution in [3.05, 3.63) is 45.9 Å². The maximum atomic E-state index is 11.8. The zero-order valence-electron chi connectivity index (χ0n) is 10.2. The van der Waals surface area contributed by atoms with E-state index in [2.05, 4.69) is 10.3 Å². The van der Waals surface area contributed by atoms with Crippen LogP contribution < -0.4 is 5.32 Å². The second kappa shape index (κ2) is 5.62. The van der Waals surface area contributed by atoms with E-state index >= 15 is 0 Å². The van der Waals surface area contributed by atoms with Crippen LogP contribution in [0, 0.1) is 6.92 Å². The van der Waals surface area contributed by atoms with E-state index in [1.54, 1.807) is 0 Å². The van der Waals surface area contributed by atoms with Crippen LogP contribution in [0.1, 0.15) is 21.1 Å². The van der Waals surface area contributed by atoms with Gasteiger partial charge in [-0.2, -0.15) is 0 Å². The van der Waals surface area contributed by atoms with E-state index in [1.807, 2.05) is 31.2 Å². The van der Waals surface area contributed by atoms with Gasteiger partial charge in [-0.3, -0.25) is 4.79 Å². The number of aromatic nitrogens is 1. The van der Waals surface area contributed by atoms with Gasteiger partial charge in [-0.25, -0.2) is 9.78 Å². The van der Waals surface area contributed by atoms with Gasteiger partial charge in [-0.05, 0) is 18.6 Å². The Morgan fingerprint density at radius 2 is 2.11 bits per heavy atom. The number of hydrogen-bond donors (Lipinski definition) is 2. The summed E-state index contributed by atoms with van der Waals surface area (Å²) in [5.74, 6) is -1.29. The molecule has 1 amide bonds. The molecule has 0 fully saturated rings. The van der Waals surface area contributed by atoms with Crippen molar-refractivity contribution in [2.24, 2.45) is 0 Å². The van der Waals surface area contributed by atoms with E-state index < -0.39 is 5.97 Å². The van der Waals surface area contributed by atoms with Gasteiger partial charge >= 0.3 is 5.97 Å². The highest BCUT2D eigenvalue weighted by Gasteiger charge is 2.12. The van der Waals surface area contributed by atoms with Crippen LogP contribution >= 0.6 is 11.3 Å². The monoisotopic (exact) mass is 276 g/mol. The number of rotatable bonds is 4. The number of amides is 1. The van der Waals surface area contributed by atoms with Crippen molar-refractivity contribution < 1.29 is 14.7 Å². The molecule has 0 saturated carbocycles. The molecule has 2 N–H and O–H groups in total. The Balaban J connectivity index is 2.01. The highest BCUT2D eigenvalue weighted by molar-refractivity contribution is 7.09. The summed E-state index contributed by atoms with van der Waals surface area (Å²) >= 11 is 1.17. The molecule has 0 saturated heterocycles.